The summed E-state index contributed by atoms with van der Waals surface area (Å²) in [5.41, 5.74) is 7.64. The second kappa shape index (κ2) is 9.04. The number of carbonyl (C=O) groups excluding carboxylic acids is 1. The number of aromatic nitrogens is 2. The first-order chi connectivity index (χ1) is 15.5. The van der Waals surface area contributed by atoms with E-state index in [4.69, 9.17) is 5.73 Å². The predicted octanol–water partition coefficient (Wildman–Crippen LogP) is 2.74. The van der Waals surface area contributed by atoms with E-state index in [1.54, 1.807) is 47.4 Å². The molecule has 4 N–H and O–H groups in total. The number of phenolic OH excluding ortho intramolecular Hbond substituents is 1. The lowest BCUT2D eigenvalue weighted by atomic mass is 9.91. The number of aliphatic hydroxyl groups is 1. The van der Waals surface area contributed by atoms with Gasteiger partial charge in [-0.05, 0) is 30.5 Å². The minimum absolute atomic E-state index is 0.00832. The summed E-state index contributed by atoms with van der Waals surface area (Å²) in [6.07, 6.45) is 0.146. The Bertz CT molecular complexity index is 1180. The summed E-state index contributed by atoms with van der Waals surface area (Å²) in [6.45, 7) is 0.808. The van der Waals surface area contributed by atoms with Gasteiger partial charge in [0, 0.05) is 19.0 Å². The molecule has 1 aliphatic heterocycles. The van der Waals surface area contributed by atoms with Crippen LogP contribution in [0.5, 0.6) is 5.75 Å². The van der Waals surface area contributed by atoms with E-state index in [2.05, 4.69) is 16.0 Å². The number of hydrogen-bond donors (Lipinski definition) is 3. The highest BCUT2D eigenvalue weighted by molar-refractivity contribution is 5.82. The number of rotatable bonds is 4. The lowest BCUT2D eigenvalue weighted by molar-refractivity contribution is -0.141. The Morgan fingerprint density at radius 2 is 1.88 bits per heavy atom. The highest BCUT2D eigenvalue weighted by Gasteiger charge is 2.32. The number of nitrogens with zero attached hydrogens (tertiary/aromatic N) is 4. The standard InChI is InChI=1S/C24H23N5O3/c25-13-18-20(27-23(28-22(18)26)17-10-4-5-11-19(17)30)16-9-6-12-29(14-16)24(32)21(31)15-7-2-1-3-8-15/h1-5,7-8,10-11,16,21,30-31H,6,9,12,14H2,(H2,26,27,28)/t16?,21-/m1/s1. The van der Waals surface area contributed by atoms with Crippen LogP contribution in [0, 0.1) is 11.3 Å². The molecule has 0 bridgehead atoms. The number of aromatic hydroxyl groups is 1. The highest BCUT2D eigenvalue weighted by Crippen LogP contribution is 2.34. The molecule has 1 aliphatic rings. The Balaban J connectivity index is 1.65. The van der Waals surface area contributed by atoms with E-state index in [1.165, 1.54) is 6.07 Å². The van der Waals surface area contributed by atoms with Crippen molar-refractivity contribution in [3.8, 4) is 23.2 Å². The average molecular weight is 429 g/mol. The van der Waals surface area contributed by atoms with Gasteiger partial charge in [0.1, 0.15) is 23.2 Å². The lowest BCUT2D eigenvalue weighted by Crippen LogP contribution is -2.42. The number of hydrogen-bond acceptors (Lipinski definition) is 7. The first kappa shape index (κ1) is 21.3. The second-order valence-electron chi connectivity index (χ2n) is 7.76. The van der Waals surface area contributed by atoms with E-state index in [0.717, 1.165) is 0 Å². The Morgan fingerprint density at radius 3 is 2.59 bits per heavy atom. The van der Waals surface area contributed by atoms with Crippen molar-refractivity contribution >= 4 is 11.7 Å². The Labute approximate surface area is 185 Å². The minimum atomic E-state index is -1.25. The molecule has 0 radical (unpaired) electrons. The molecule has 1 amide bonds. The molecule has 1 fully saturated rings. The molecule has 3 aromatic rings. The van der Waals surface area contributed by atoms with Gasteiger partial charge in [-0.15, -0.1) is 0 Å². The number of likely N-dealkylation sites (tertiary alicyclic amines) is 1. The number of nitrogens with two attached hydrogens (primary N) is 1. The highest BCUT2D eigenvalue weighted by atomic mass is 16.3. The maximum atomic E-state index is 13.0. The maximum Gasteiger partial charge on any atom is 0.256 e. The number of piperidine rings is 1. The summed E-state index contributed by atoms with van der Waals surface area (Å²) < 4.78 is 0. The summed E-state index contributed by atoms with van der Waals surface area (Å²) >= 11 is 0. The molecule has 1 unspecified atom stereocenters. The zero-order valence-electron chi connectivity index (χ0n) is 17.3. The third kappa shape index (κ3) is 4.11. The van der Waals surface area contributed by atoms with Gasteiger partial charge < -0.3 is 20.8 Å². The number of amides is 1. The SMILES string of the molecule is N#Cc1c(N)nc(-c2ccccc2O)nc1C1CCCN(C(=O)[C@H](O)c2ccccc2)C1. The van der Waals surface area contributed by atoms with Crippen LogP contribution in [0.4, 0.5) is 5.82 Å². The van der Waals surface area contributed by atoms with Crippen LogP contribution in [0.15, 0.2) is 54.6 Å². The number of aliphatic hydroxyl groups excluding tert-OH is 1. The molecule has 8 heteroatoms. The van der Waals surface area contributed by atoms with E-state index in [9.17, 15) is 20.3 Å². The summed E-state index contributed by atoms with van der Waals surface area (Å²) in [4.78, 5) is 23.4. The topological polar surface area (TPSA) is 136 Å². The monoisotopic (exact) mass is 429 g/mol. The number of nitriles is 1. The summed E-state index contributed by atoms with van der Waals surface area (Å²) in [5, 5.41) is 30.4. The molecule has 0 saturated carbocycles. The maximum absolute atomic E-state index is 13.0. The number of carbonyl (C=O) groups is 1. The van der Waals surface area contributed by atoms with E-state index in [-0.39, 0.29) is 34.8 Å². The molecule has 32 heavy (non-hydrogen) atoms. The smallest absolute Gasteiger partial charge is 0.256 e. The van der Waals surface area contributed by atoms with Crippen molar-refractivity contribution in [1.82, 2.24) is 14.9 Å². The van der Waals surface area contributed by atoms with Gasteiger partial charge in [-0.2, -0.15) is 5.26 Å². The van der Waals surface area contributed by atoms with Gasteiger partial charge in [0.15, 0.2) is 11.9 Å². The molecule has 1 saturated heterocycles. The summed E-state index contributed by atoms with van der Waals surface area (Å²) in [6, 6.07) is 17.5. The normalized spacial score (nSPS) is 16.9. The summed E-state index contributed by atoms with van der Waals surface area (Å²) in [5.74, 6) is -0.373. The summed E-state index contributed by atoms with van der Waals surface area (Å²) in [7, 11) is 0. The molecule has 4 rings (SSSR count). The van der Waals surface area contributed by atoms with Crippen LogP contribution in [0.2, 0.25) is 0 Å². The van der Waals surface area contributed by atoms with Gasteiger partial charge >= 0.3 is 0 Å². The van der Waals surface area contributed by atoms with Gasteiger partial charge in [-0.1, -0.05) is 42.5 Å². The molecule has 0 aliphatic carbocycles. The van der Waals surface area contributed by atoms with Crippen molar-refractivity contribution in [2.45, 2.75) is 24.9 Å². The van der Waals surface area contributed by atoms with Crippen molar-refractivity contribution in [2.24, 2.45) is 0 Å². The number of nitrogen functional groups attached to an aromatic ring is 1. The van der Waals surface area contributed by atoms with Crippen molar-refractivity contribution < 1.29 is 15.0 Å². The van der Waals surface area contributed by atoms with Crippen LogP contribution < -0.4 is 5.73 Å². The molecular formula is C24H23N5O3. The van der Waals surface area contributed by atoms with E-state index in [0.29, 0.717) is 42.8 Å². The Morgan fingerprint density at radius 1 is 1.16 bits per heavy atom. The van der Waals surface area contributed by atoms with Crippen LogP contribution in [0.1, 0.15) is 41.7 Å². The van der Waals surface area contributed by atoms with Crippen LogP contribution >= 0.6 is 0 Å². The average Bonchev–Trinajstić information content (AvgIpc) is 2.83. The second-order valence-corrected chi connectivity index (χ2v) is 7.76. The van der Waals surface area contributed by atoms with Crippen LogP contribution in [-0.4, -0.2) is 44.1 Å². The van der Waals surface area contributed by atoms with Crippen molar-refractivity contribution in [2.75, 3.05) is 18.8 Å². The lowest BCUT2D eigenvalue weighted by Gasteiger charge is -2.34. The quantitative estimate of drug-likeness (QED) is 0.580. The fraction of sp³-hybridized carbons (Fsp3) is 0.250. The van der Waals surface area contributed by atoms with Crippen molar-refractivity contribution in [3.63, 3.8) is 0 Å². The number of phenols is 1. The number of benzene rings is 2. The first-order valence-corrected chi connectivity index (χ1v) is 10.4. The van der Waals surface area contributed by atoms with Gasteiger partial charge in [0.05, 0.1) is 11.3 Å². The van der Waals surface area contributed by atoms with Gasteiger partial charge in [-0.25, -0.2) is 9.97 Å². The minimum Gasteiger partial charge on any atom is -0.507 e. The van der Waals surface area contributed by atoms with E-state index in [1.807, 2.05) is 6.07 Å². The zero-order valence-corrected chi connectivity index (χ0v) is 17.3. The molecule has 2 atom stereocenters. The van der Waals surface area contributed by atoms with Crippen molar-refractivity contribution in [3.05, 3.63) is 71.4 Å². The van der Waals surface area contributed by atoms with Crippen molar-refractivity contribution in [1.29, 1.82) is 5.26 Å². The first-order valence-electron chi connectivity index (χ1n) is 10.4. The molecular weight excluding hydrogens is 406 g/mol. The molecule has 162 valence electrons. The van der Waals surface area contributed by atoms with Crippen LogP contribution in [-0.2, 0) is 4.79 Å². The molecule has 1 aromatic heterocycles. The van der Waals surface area contributed by atoms with Crippen LogP contribution in [0.3, 0.4) is 0 Å². The fourth-order valence-electron chi connectivity index (χ4n) is 4.04. The largest absolute Gasteiger partial charge is 0.507 e. The van der Waals surface area contributed by atoms with Crippen LogP contribution in [0.25, 0.3) is 11.4 Å². The Kier molecular flexibility index (Phi) is 6.01. The molecule has 0 spiro atoms. The molecule has 2 aromatic carbocycles. The predicted molar refractivity (Wildman–Crippen MR) is 118 cm³/mol. The third-order valence-electron chi connectivity index (χ3n) is 5.69. The Hall–Kier alpha value is -3.96. The third-order valence-corrected chi connectivity index (χ3v) is 5.69. The zero-order chi connectivity index (χ0) is 22.7. The van der Waals surface area contributed by atoms with E-state index >= 15 is 0 Å². The molecule has 8 nitrogen and oxygen atoms in total. The molecule has 2 heterocycles. The van der Waals surface area contributed by atoms with E-state index < -0.39 is 6.10 Å². The fourth-order valence-corrected chi connectivity index (χ4v) is 4.04. The van der Waals surface area contributed by atoms with Gasteiger partial charge in [-0.3, -0.25) is 4.79 Å². The van der Waals surface area contributed by atoms with Gasteiger partial charge in [0.25, 0.3) is 5.91 Å². The number of para-hydroxylation sites is 1. The number of anilines is 1. The van der Waals surface area contributed by atoms with Gasteiger partial charge in [0.2, 0.25) is 0 Å².